The minimum Gasteiger partial charge on any atom is -0.323 e. The lowest BCUT2D eigenvalue weighted by Gasteiger charge is -2.36. The van der Waals surface area contributed by atoms with Crippen LogP contribution in [0.15, 0.2) is 65.6 Å². The van der Waals surface area contributed by atoms with Crippen molar-refractivity contribution in [3.63, 3.8) is 0 Å². The Labute approximate surface area is 197 Å². The molecule has 3 aromatic rings. The van der Waals surface area contributed by atoms with Crippen LogP contribution >= 0.6 is 23.2 Å². The molecular formula is C23H23Cl2N3O3S. The van der Waals surface area contributed by atoms with E-state index in [1.807, 2.05) is 35.2 Å². The van der Waals surface area contributed by atoms with Crippen LogP contribution in [0.2, 0.25) is 10.0 Å². The largest absolute Gasteiger partial charge is 0.323 e. The first kappa shape index (κ1) is 23.0. The van der Waals surface area contributed by atoms with Gasteiger partial charge < -0.3 is 5.32 Å². The van der Waals surface area contributed by atoms with Gasteiger partial charge in [-0.25, -0.2) is 8.42 Å². The number of hydrogen-bond acceptors (Lipinski definition) is 4. The van der Waals surface area contributed by atoms with E-state index in [0.29, 0.717) is 41.9 Å². The Morgan fingerprint density at radius 1 is 0.938 bits per heavy atom. The fourth-order valence-corrected chi connectivity index (χ4v) is 5.62. The Bertz CT molecular complexity index is 1260. The SMILES string of the molecule is CC(C(=O)Nc1cccc(Cl)c1Cl)N1CCN(S(=O)(=O)c2ccc3ccccc3c2)CC1. The highest BCUT2D eigenvalue weighted by molar-refractivity contribution is 7.89. The Balaban J connectivity index is 1.41. The number of fused-ring (bicyclic) bond motifs is 1. The van der Waals surface area contributed by atoms with E-state index in [1.165, 1.54) is 4.31 Å². The smallest absolute Gasteiger partial charge is 0.243 e. The lowest BCUT2D eigenvalue weighted by molar-refractivity contribution is -0.121. The van der Waals surface area contributed by atoms with Crippen molar-refractivity contribution in [2.24, 2.45) is 0 Å². The summed E-state index contributed by atoms with van der Waals surface area (Å²) < 4.78 is 27.8. The number of hydrogen-bond donors (Lipinski definition) is 1. The van der Waals surface area contributed by atoms with Gasteiger partial charge >= 0.3 is 0 Å². The van der Waals surface area contributed by atoms with Crippen molar-refractivity contribution in [2.75, 3.05) is 31.5 Å². The minimum absolute atomic E-state index is 0.222. The van der Waals surface area contributed by atoms with Crippen LogP contribution in [-0.4, -0.2) is 55.8 Å². The minimum atomic E-state index is -3.61. The zero-order chi connectivity index (χ0) is 22.9. The molecule has 1 unspecified atom stereocenters. The van der Waals surface area contributed by atoms with Crippen molar-refractivity contribution in [3.05, 3.63) is 70.7 Å². The third kappa shape index (κ3) is 4.63. The van der Waals surface area contributed by atoms with Crippen molar-refractivity contribution in [2.45, 2.75) is 17.9 Å². The van der Waals surface area contributed by atoms with Gasteiger partial charge in [0.1, 0.15) is 0 Å². The lowest BCUT2D eigenvalue weighted by Crippen LogP contribution is -2.53. The Morgan fingerprint density at radius 2 is 1.62 bits per heavy atom. The summed E-state index contributed by atoms with van der Waals surface area (Å²) in [5, 5.41) is 5.34. The van der Waals surface area contributed by atoms with Crippen LogP contribution in [0, 0.1) is 0 Å². The molecule has 6 nitrogen and oxygen atoms in total. The molecule has 1 atom stereocenters. The van der Waals surface area contributed by atoms with Gasteiger partial charge in [-0.15, -0.1) is 0 Å². The normalized spacial score (nSPS) is 16.7. The topological polar surface area (TPSA) is 69.7 Å². The maximum Gasteiger partial charge on any atom is 0.243 e. The highest BCUT2D eigenvalue weighted by Gasteiger charge is 2.32. The first-order chi connectivity index (χ1) is 15.3. The number of carbonyl (C=O) groups is 1. The van der Waals surface area contributed by atoms with Crippen LogP contribution in [0.1, 0.15) is 6.92 Å². The van der Waals surface area contributed by atoms with Gasteiger partial charge in [0, 0.05) is 26.2 Å². The van der Waals surface area contributed by atoms with E-state index in [9.17, 15) is 13.2 Å². The molecule has 1 amide bonds. The number of piperazine rings is 1. The second kappa shape index (κ2) is 9.37. The summed E-state index contributed by atoms with van der Waals surface area (Å²) >= 11 is 12.2. The molecule has 1 aliphatic rings. The van der Waals surface area contributed by atoms with Crippen LogP contribution in [0.25, 0.3) is 10.8 Å². The van der Waals surface area contributed by atoms with Gasteiger partial charge in [0.05, 0.1) is 26.7 Å². The van der Waals surface area contributed by atoms with Gasteiger partial charge in [-0.3, -0.25) is 9.69 Å². The molecule has 1 aliphatic heterocycles. The van der Waals surface area contributed by atoms with E-state index >= 15 is 0 Å². The van der Waals surface area contributed by atoms with E-state index in [0.717, 1.165) is 10.8 Å². The van der Waals surface area contributed by atoms with Crippen molar-refractivity contribution in [1.82, 2.24) is 9.21 Å². The van der Waals surface area contributed by atoms with Crippen molar-refractivity contribution >= 4 is 55.6 Å². The maximum absolute atomic E-state index is 13.2. The van der Waals surface area contributed by atoms with E-state index < -0.39 is 16.1 Å². The third-order valence-corrected chi connectivity index (χ3v) is 8.48. The zero-order valence-corrected chi connectivity index (χ0v) is 19.8. The molecular weight excluding hydrogens is 469 g/mol. The number of sulfonamides is 1. The average molecular weight is 492 g/mol. The van der Waals surface area contributed by atoms with Gasteiger partial charge in [0.2, 0.25) is 15.9 Å². The average Bonchev–Trinajstić information content (AvgIpc) is 2.81. The monoisotopic (exact) mass is 491 g/mol. The molecule has 9 heteroatoms. The Morgan fingerprint density at radius 3 is 2.34 bits per heavy atom. The summed E-state index contributed by atoms with van der Waals surface area (Å²) in [6.45, 7) is 3.31. The number of carbonyl (C=O) groups excluding carboxylic acids is 1. The van der Waals surface area contributed by atoms with E-state index in [-0.39, 0.29) is 10.8 Å². The molecule has 4 rings (SSSR count). The second-order valence-electron chi connectivity index (χ2n) is 7.72. The molecule has 0 aliphatic carbocycles. The summed E-state index contributed by atoms with van der Waals surface area (Å²) in [5.74, 6) is -0.222. The van der Waals surface area contributed by atoms with Crippen molar-refractivity contribution in [1.29, 1.82) is 0 Å². The predicted molar refractivity (Wildman–Crippen MR) is 129 cm³/mol. The number of nitrogens with zero attached hydrogens (tertiary/aromatic N) is 2. The van der Waals surface area contributed by atoms with E-state index in [4.69, 9.17) is 23.2 Å². The van der Waals surface area contributed by atoms with Crippen molar-refractivity contribution < 1.29 is 13.2 Å². The number of amides is 1. The van der Waals surface area contributed by atoms with E-state index in [1.54, 1.807) is 37.3 Å². The molecule has 168 valence electrons. The fourth-order valence-electron chi connectivity index (χ4n) is 3.81. The number of halogens is 2. The molecule has 0 radical (unpaired) electrons. The molecule has 0 aromatic heterocycles. The van der Waals surface area contributed by atoms with Crippen LogP contribution in [0.5, 0.6) is 0 Å². The Hall–Kier alpha value is -2.16. The number of rotatable bonds is 5. The van der Waals surface area contributed by atoms with Gasteiger partial charge in [0.15, 0.2) is 0 Å². The lowest BCUT2D eigenvalue weighted by atomic mass is 10.1. The van der Waals surface area contributed by atoms with Crippen molar-refractivity contribution in [3.8, 4) is 0 Å². The van der Waals surface area contributed by atoms with Gasteiger partial charge in [0.25, 0.3) is 0 Å². The summed E-state index contributed by atoms with van der Waals surface area (Å²) in [6, 6.07) is 17.5. The number of nitrogens with one attached hydrogen (secondary N) is 1. The van der Waals surface area contributed by atoms with Gasteiger partial charge in [-0.1, -0.05) is 59.6 Å². The first-order valence-corrected chi connectivity index (χ1v) is 12.4. The molecule has 0 spiro atoms. The molecule has 1 heterocycles. The predicted octanol–water partition coefficient (Wildman–Crippen LogP) is 4.48. The third-order valence-electron chi connectivity index (χ3n) is 5.77. The molecule has 1 N–H and O–H groups in total. The molecule has 0 bridgehead atoms. The van der Waals surface area contributed by atoms with Crippen LogP contribution in [0.3, 0.4) is 0 Å². The highest BCUT2D eigenvalue weighted by atomic mass is 35.5. The maximum atomic E-state index is 13.2. The summed E-state index contributed by atoms with van der Waals surface area (Å²) in [7, 11) is -3.61. The van der Waals surface area contributed by atoms with E-state index in [2.05, 4.69) is 5.32 Å². The van der Waals surface area contributed by atoms with Crippen LogP contribution < -0.4 is 5.32 Å². The second-order valence-corrected chi connectivity index (χ2v) is 10.4. The first-order valence-electron chi connectivity index (χ1n) is 10.3. The van der Waals surface area contributed by atoms with Crippen LogP contribution in [-0.2, 0) is 14.8 Å². The molecule has 3 aromatic carbocycles. The molecule has 0 saturated carbocycles. The molecule has 32 heavy (non-hydrogen) atoms. The van der Waals surface area contributed by atoms with Gasteiger partial charge in [-0.2, -0.15) is 4.31 Å². The summed E-state index contributed by atoms with van der Waals surface area (Å²) in [6.07, 6.45) is 0. The Kier molecular flexibility index (Phi) is 6.74. The zero-order valence-electron chi connectivity index (χ0n) is 17.5. The number of anilines is 1. The van der Waals surface area contributed by atoms with Gasteiger partial charge in [-0.05, 0) is 42.0 Å². The molecule has 1 fully saturated rings. The molecule has 1 saturated heterocycles. The highest BCUT2D eigenvalue weighted by Crippen LogP contribution is 2.30. The standard InChI is InChI=1S/C23H23Cl2N3O3S/c1-16(23(29)26-21-8-4-7-20(24)22(21)25)27-11-13-28(14-12-27)32(30,31)19-10-9-17-5-2-3-6-18(17)15-19/h2-10,15-16H,11-14H2,1H3,(H,26,29). The number of benzene rings is 3. The summed E-state index contributed by atoms with van der Waals surface area (Å²) in [5.41, 5.74) is 0.452. The van der Waals surface area contributed by atoms with Crippen LogP contribution in [0.4, 0.5) is 5.69 Å². The fraction of sp³-hybridized carbons (Fsp3) is 0.261. The quantitative estimate of drug-likeness (QED) is 0.571. The summed E-state index contributed by atoms with van der Waals surface area (Å²) in [4.78, 5) is 15.0.